The second kappa shape index (κ2) is 8.44. The number of amides is 1. The second-order valence-corrected chi connectivity index (χ2v) is 10.5. The van der Waals surface area contributed by atoms with Crippen LogP contribution in [-0.2, 0) is 16.0 Å². The van der Waals surface area contributed by atoms with Crippen molar-refractivity contribution in [3.8, 4) is 0 Å². The van der Waals surface area contributed by atoms with E-state index in [1.165, 1.54) is 22.3 Å². The number of thioether (sulfide) groups is 1. The smallest absolute Gasteiger partial charge is 0.239 e. The molecule has 1 aromatic heterocycles. The van der Waals surface area contributed by atoms with Crippen LogP contribution in [0.4, 0.5) is 5.69 Å². The van der Waals surface area contributed by atoms with Crippen LogP contribution >= 0.6 is 34.7 Å². The largest absolute Gasteiger partial charge is 0.325 e. The number of carbonyl (C=O) groups excluding carboxylic acids is 1. The predicted molar refractivity (Wildman–Crippen MR) is 123 cm³/mol. The van der Waals surface area contributed by atoms with Crippen molar-refractivity contribution >= 4 is 56.5 Å². The van der Waals surface area contributed by atoms with E-state index in [1.54, 1.807) is 23.1 Å². The van der Waals surface area contributed by atoms with Crippen LogP contribution in [-0.4, -0.2) is 16.8 Å². The number of carbonyl (C=O) groups is 1. The van der Waals surface area contributed by atoms with E-state index in [0.29, 0.717) is 0 Å². The first-order valence-electron chi connectivity index (χ1n) is 9.17. The third kappa shape index (κ3) is 4.88. The lowest BCUT2D eigenvalue weighted by atomic mass is 9.84. The third-order valence-corrected chi connectivity index (χ3v) is 7.11. The highest BCUT2D eigenvalue weighted by molar-refractivity contribution is 8.00. The number of rotatable bonds is 5. The summed E-state index contributed by atoms with van der Waals surface area (Å²) < 4.78 is 2.10. The van der Waals surface area contributed by atoms with Crippen LogP contribution in [0.3, 0.4) is 0 Å². The lowest BCUT2D eigenvalue weighted by molar-refractivity contribution is -0.113. The van der Waals surface area contributed by atoms with Crippen LogP contribution in [0.5, 0.6) is 0 Å². The molecular weight excluding hydrogens is 408 g/mol. The second-order valence-electron chi connectivity index (χ2n) is 7.97. The van der Waals surface area contributed by atoms with Crippen molar-refractivity contribution in [2.45, 2.75) is 50.1 Å². The molecule has 1 amide bonds. The van der Waals surface area contributed by atoms with Crippen LogP contribution in [0.2, 0.25) is 0 Å². The van der Waals surface area contributed by atoms with E-state index in [-0.39, 0.29) is 17.2 Å². The van der Waals surface area contributed by atoms with Gasteiger partial charge in [-0.2, -0.15) is 0 Å². The Morgan fingerprint density at radius 2 is 1.86 bits per heavy atom. The number of fused-ring (bicyclic) bond motifs is 1. The minimum absolute atomic E-state index is 0.0471. The number of benzene rings is 2. The van der Waals surface area contributed by atoms with Gasteiger partial charge < -0.3 is 5.32 Å². The Morgan fingerprint density at radius 1 is 1.18 bits per heavy atom. The molecule has 0 aliphatic carbocycles. The van der Waals surface area contributed by atoms with Crippen LogP contribution in [0, 0.1) is 13.8 Å². The number of aryl methyl sites for hydroxylation is 2. The highest BCUT2D eigenvalue weighted by Gasteiger charge is 2.17. The van der Waals surface area contributed by atoms with E-state index >= 15 is 0 Å². The molecular formula is C22H25ClN2OS2. The van der Waals surface area contributed by atoms with Crippen molar-refractivity contribution in [2.75, 3.05) is 11.2 Å². The SMILES string of the molecule is Cc1cc(C(C)(C)C)cc(C)c1CSc1nc2ccc(NC(=O)CCl)cc2s1. The number of hydrogen-bond acceptors (Lipinski definition) is 4. The molecule has 0 fully saturated rings. The monoisotopic (exact) mass is 432 g/mol. The molecule has 3 rings (SSSR count). The zero-order valence-electron chi connectivity index (χ0n) is 16.9. The summed E-state index contributed by atoms with van der Waals surface area (Å²) >= 11 is 8.97. The Bertz CT molecular complexity index is 998. The Morgan fingerprint density at radius 3 is 2.46 bits per heavy atom. The van der Waals surface area contributed by atoms with Crippen LogP contribution < -0.4 is 5.32 Å². The summed E-state index contributed by atoms with van der Waals surface area (Å²) in [6.07, 6.45) is 0. The van der Waals surface area contributed by atoms with Gasteiger partial charge in [0.15, 0.2) is 4.34 Å². The fourth-order valence-electron chi connectivity index (χ4n) is 3.03. The molecule has 6 heteroatoms. The van der Waals surface area contributed by atoms with E-state index in [0.717, 1.165) is 26.0 Å². The van der Waals surface area contributed by atoms with Gasteiger partial charge in [-0.15, -0.1) is 22.9 Å². The molecule has 0 atom stereocenters. The first-order valence-corrected chi connectivity index (χ1v) is 11.5. The van der Waals surface area contributed by atoms with Gasteiger partial charge in [-0.1, -0.05) is 44.7 Å². The molecule has 0 saturated carbocycles. The summed E-state index contributed by atoms with van der Waals surface area (Å²) in [5, 5.41) is 2.78. The molecule has 1 heterocycles. The first-order chi connectivity index (χ1) is 13.2. The van der Waals surface area contributed by atoms with Gasteiger partial charge in [0.1, 0.15) is 5.88 Å². The number of nitrogens with one attached hydrogen (secondary N) is 1. The predicted octanol–water partition coefficient (Wildman–Crippen LogP) is 6.68. The lowest BCUT2D eigenvalue weighted by Gasteiger charge is -2.22. The van der Waals surface area contributed by atoms with E-state index < -0.39 is 0 Å². The topological polar surface area (TPSA) is 42.0 Å². The Hall–Kier alpha value is -1.56. The number of thiazole rings is 1. The van der Waals surface area contributed by atoms with Crippen LogP contribution in [0.25, 0.3) is 10.2 Å². The van der Waals surface area contributed by atoms with Gasteiger partial charge >= 0.3 is 0 Å². The molecule has 0 bridgehead atoms. The summed E-state index contributed by atoms with van der Waals surface area (Å²) in [4.78, 5) is 16.2. The van der Waals surface area contributed by atoms with Gasteiger partial charge in [0.2, 0.25) is 5.91 Å². The van der Waals surface area contributed by atoms with E-state index in [9.17, 15) is 4.79 Å². The number of halogens is 1. The van der Waals surface area contributed by atoms with Gasteiger partial charge in [0.25, 0.3) is 0 Å². The number of hydrogen-bond donors (Lipinski definition) is 1. The van der Waals surface area contributed by atoms with Gasteiger partial charge in [-0.3, -0.25) is 4.79 Å². The molecule has 3 aromatic rings. The van der Waals surface area contributed by atoms with Gasteiger partial charge in [-0.05, 0) is 59.7 Å². The lowest BCUT2D eigenvalue weighted by Crippen LogP contribution is -2.12. The molecule has 148 valence electrons. The van der Waals surface area contributed by atoms with Gasteiger partial charge in [0.05, 0.1) is 10.2 Å². The number of nitrogens with zero attached hydrogens (tertiary/aromatic N) is 1. The molecule has 2 aromatic carbocycles. The highest BCUT2D eigenvalue weighted by atomic mass is 35.5. The molecule has 28 heavy (non-hydrogen) atoms. The van der Waals surface area contributed by atoms with Crippen molar-refractivity contribution in [1.82, 2.24) is 4.98 Å². The quantitative estimate of drug-likeness (QED) is 0.361. The van der Waals surface area contributed by atoms with Crippen LogP contribution in [0.1, 0.15) is 43.0 Å². The normalized spacial score (nSPS) is 11.8. The maximum atomic E-state index is 11.5. The van der Waals surface area contributed by atoms with E-state index in [4.69, 9.17) is 16.6 Å². The fraction of sp³-hybridized carbons (Fsp3) is 0.364. The van der Waals surface area contributed by atoms with Gasteiger partial charge in [-0.25, -0.2) is 4.98 Å². The first kappa shape index (κ1) is 21.2. The van der Waals surface area contributed by atoms with E-state index in [1.807, 2.05) is 18.2 Å². The molecule has 0 spiro atoms. The van der Waals surface area contributed by atoms with Gasteiger partial charge in [0, 0.05) is 11.4 Å². The summed E-state index contributed by atoms with van der Waals surface area (Å²) in [6.45, 7) is 11.1. The Balaban J connectivity index is 1.77. The minimum Gasteiger partial charge on any atom is -0.325 e. The Labute approximate surface area is 179 Å². The molecule has 3 nitrogen and oxygen atoms in total. The fourth-order valence-corrected chi connectivity index (χ4v) is 5.40. The van der Waals surface area contributed by atoms with Crippen molar-refractivity contribution < 1.29 is 4.79 Å². The molecule has 0 radical (unpaired) electrons. The van der Waals surface area contributed by atoms with E-state index in [2.05, 4.69) is 52.1 Å². The zero-order chi connectivity index (χ0) is 20.5. The maximum absolute atomic E-state index is 11.5. The molecule has 0 aliphatic heterocycles. The standard InChI is InChI=1S/C22H25ClN2OS2/c1-13-8-15(22(3,4)5)9-14(2)17(13)12-27-21-25-18-7-6-16(10-19(18)28-21)24-20(26)11-23/h6-10H,11-12H2,1-5H3,(H,24,26). The summed E-state index contributed by atoms with van der Waals surface area (Å²) in [7, 11) is 0. The third-order valence-electron chi connectivity index (χ3n) is 4.68. The summed E-state index contributed by atoms with van der Waals surface area (Å²) in [5.41, 5.74) is 7.30. The summed E-state index contributed by atoms with van der Waals surface area (Å²) in [5.74, 6) is 0.650. The van der Waals surface area contributed by atoms with Crippen LogP contribution in [0.15, 0.2) is 34.7 Å². The maximum Gasteiger partial charge on any atom is 0.239 e. The number of anilines is 1. The van der Waals surface area contributed by atoms with Crippen molar-refractivity contribution in [3.63, 3.8) is 0 Å². The number of aromatic nitrogens is 1. The van der Waals surface area contributed by atoms with Crippen molar-refractivity contribution in [3.05, 3.63) is 52.6 Å². The number of alkyl halides is 1. The Kier molecular flexibility index (Phi) is 6.37. The average Bonchev–Trinajstić information content (AvgIpc) is 3.02. The molecule has 0 aliphatic rings. The molecule has 0 unspecified atom stereocenters. The average molecular weight is 433 g/mol. The highest BCUT2D eigenvalue weighted by Crippen LogP contribution is 2.35. The zero-order valence-corrected chi connectivity index (χ0v) is 19.2. The summed E-state index contributed by atoms with van der Waals surface area (Å²) in [6, 6.07) is 10.4. The molecule has 0 saturated heterocycles. The minimum atomic E-state index is -0.204. The van der Waals surface area contributed by atoms with Crippen molar-refractivity contribution in [2.24, 2.45) is 0 Å². The van der Waals surface area contributed by atoms with Crippen molar-refractivity contribution in [1.29, 1.82) is 0 Å². The molecule has 1 N–H and O–H groups in total.